The highest BCUT2D eigenvalue weighted by atomic mass is 15.2. The lowest BCUT2D eigenvalue weighted by Crippen LogP contribution is -2.36. The molecule has 74 heavy (non-hydrogen) atoms. The molecule has 1 heterocycles. The summed E-state index contributed by atoms with van der Waals surface area (Å²) in [5, 5.41) is 4.92. The number of anilines is 6. The van der Waals surface area contributed by atoms with Gasteiger partial charge in [-0.3, -0.25) is 0 Å². The van der Waals surface area contributed by atoms with Crippen molar-refractivity contribution in [3.05, 3.63) is 300 Å². The number of nitrogens with zero attached hydrogens (tertiary/aromatic N) is 2. The van der Waals surface area contributed by atoms with Gasteiger partial charge in [0, 0.05) is 28.2 Å². The fourth-order valence-electron chi connectivity index (χ4n) is 13.2. The van der Waals surface area contributed by atoms with E-state index in [1.54, 1.807) is 0 Å². The van der Waals surface area contributed by atoms with Crippen LogP contribution in [0.4, 0.5) is 34.1 Å². The maximum absolute atomic E-state index is 2.50. The number of hydrogen-bond acceptors (Lipinski definition) is 2. The molecular formula is C72H50N2. The van der Waals surface area contributed by atoms with Gasteiger partial charge in [-0.2, -0.15) is 0 Å². The summed E-state index contributed by atoms with van der Waals surface area (Å²) in [6.07, 6.45) is 0. The summed E-state index contributed by atoms with van der Waals surface area (Å²) in [4.78, 5) is 4.88. The second-order valence-corrected chi connectivity index (χ2v) is 20.8. The average molecular weight is 943 g/mol. The minimum atomic E-state index is -0.510. The number of fused-ring (bicyclic) bond motifs is 15. The van der Waals surface area contributed by atoms with Crippen molar-refractivity contribution >= 4 is 55.7 Å². The summed E-state index contributed by atoms with van der Waals surface area (Å²) >= 11 is 0. The number of hydrogen-bond donors (Lipinski definition) is 0. The molecule has 0 aromatic heterocycles. The molecule has 3 aliphatic rings. The fourth-order valence-corrected chi connectivity index (χ4v) is 13.2. The van der Waals surface area contributed by atoms with E-state index in [2.05, 4.69) is 291 Å². The van der Waals surface area contributed by atoms with Crippen molar-refractivity contribution in [3.63, 3.8) is 0 Å². The Hall–Kier alpha value is -9.24. The van der Waals surface area contributed by atoms with E-state index in [-0.39, 0.29) is 5.41 Å². The predicted molar refractivity (Wildman–Crippen MR) is 310 cm³/mol. The Morgan fingerprint density at radius 3 is 1.47 bits per heavy atom. The number of para-hydroxylation sites is 3. The summed E-state index contributed by atoms with van der Waals surface area (Å²) in [6.45, 7) is 4.73. The Morgan fingerprint density at radius 2 is 0.757 bits per heavy atom. The fraction of sp³-hybridized carbons (Fsp3) is 0.0556. The van der Waals surface area contributed by atoms with Gasteiger partial charge in [0.25, 0.3) is 0 Å². The van der Waals surface area contributed by atoms with Crippen molar-refractivity contribution in [2.24, 2.45) is 0 Å². The molecule has 0 N–H and O–H groups in total. The van der Waals surface area contributed by atoms with Crippen LogP contribution in [0.15, 0.2) is 267 Å². The van der Waals surface area contributed by atoms with E-state index in [9.17, 15) is 0 Å². The molecule has 12 aromatic carbocycles. The molecule has 0 amide bonds. The lowest BCUT2D eigenvalue weighted by molar-refractivity contribution is 0.660. The van der Waals surface area contributed by atoms with Gasteiger partial charge in [0.1, 0.15) is 0 Å². The second kappa shape index (κ2) is 16.1. The zero-order valence-electron chi connectivity index (χ0n) is 41.3. The third-order valence-electron chi connectivity index (χ3n) is 16.6. The van der Waals surface area contributed by atoms with E-state index in [4.69, 9.17) is 0 Å². The lowest BCUT2D eigenvalue weighted by atomic mass is 9.64. The van der Waals surface area contributed by atoms with Gasteiger partial charge in [-0.15, -0.1) is 0 Å². The summed E-state index contributed by atoms with van der Waals surface area (Å²) < 4.78 is 0. The van der Waals surface area contributed by atoms with Gasteiger partial charge in [0.05, 0.1) is 16.8 Å². The Morgan fingerprint density at radius 1 is 0.297 bits per heavy atom. The minimum Gasteiger partial charge on any atom is -0.310 e. The third-order valence-corrected chi connectivity index (χ3v) is 16.6. The van der Waals surface area contributed by atoms with Gasteiger partial charge in [-0.1, -0.05) is 208 Å². The van der Waals surface area contributed by atoms with Gasteiger partial charge in [-0.25, -0.2) is 0 Å². The van der Waals surface area contributed by atoms with E-state index in [1.807, 2.05) is 0 Å². The van der Waals surface area contributed by atoms with Crippen molar-refractivity contribution in [2.45, 2.75) is 24.7 Å². The molecule has 1 spiro atoms. The molecule has 15 rings (SSSR count). The van der Waals surface area contributed by atoms with Crippen LogP contribution >= 0.6 is 0 Å². The molecule has 1 aliphatic heterocycles. The topological polar surface area (TPSA) is 6.48 Å². The molecular weight excluding hydrogens is 893 g/mol. The van der Waals surface area contributed by atoms with Crippen molar-refractivity contribution < 1.29 is 0 Å². The van der Waals surface area contributed by atoms with Gasteiger partial charge < -0.3 is 9.80 Å². The first kappa shape index (κ1) is 42.4. The first-order chi connectivity index (χ1) is 36.4. The largest absolute Gasteiger partial charge is 0.310 e. The van der Waals surface area contributed by atoms with Crippen LogP contribution in [0.25, 0.3) is 66.1 Å². The van der Waals surface area contributed by atoms with E-state index < -0.39 is 5.41 Å². The molecule has 348 valence electrons. The van der Waals surface area contributed by atoms with Crippen molar-refractivity contribution in [1.82, 2.24) is 0 Å². The highest BCUT2D eigenvalue weighted by molar-refractivity contribution is 6.10. The van der Waals surface area contributed by atoms with Gasteiger partial charge in [0.2, 0.25) is 0 Å². The van der Waals surface area contributed by atoms with Crippen LogP contribution in [0.2, 0.25) is 0 Å². The predicted octanol–water partition coefficient (Wildman–Crippen LogP) is 19.2. The lowest BCUT2D eigenvalue weighted by Gasteiger charge is -2.45. The van der Waals surface area contributed by atoms with Gasteiger partial charge >= 0.3 is 0 Å². The maximum Gasteiger partial charge on any atom is 0.0754 e. The summed E-state index contributed by atoms with van der Waals surface area (Å²) in [6, 6.07) is 99.6. The monoisotopic (exact) mass is 942 g/mol. The van der Waals surface area contributed by atoms with E-state index in [1.165, 1.54) is 111 Å². The Labute approximate surface area is 432 Å². The number of rotatable bonds is 6. The molecule has 2 heteroatoms. The van der Waals surface area contributed by atoms with Crippen LogP contribution in [0, 0.1) is 0 Å². The van der Waals surface area contributed by atoms with Crippen LogP contribution in [-0.4, -0.2) is 0 Å². The smallest absolute Gasteiger partial charge is 0.0754 e. The molecule has 0 bridgehead atoms. The molecule has 0 saturated heterocycles. The van der Waals surface area contributed by atoms with Crippen molar-refractivity contribution in [2.75, 3.05) is 9.80 Å². The van der Waals surface area contributed by atoms with Crippen molar-refractivity contribution in [1.29, 1.82) is 0 Å². The highest BCUT2D eigenvalue weighted by Crippen LogP contribution is 2.64. The first-order valence-corrected chi connectivity index (χ1v) is 25.9. The van der Waals surface area contributed by atoms with Crippen LogP contribution < -0.4 is 9.80 Å². The van der Waals surface area contributed by atoms with Crippen LogP contribution in [0.1, 0.15) is 47.2 Å². The zero-order valence-corrected chi connectivity index (χ0v) is 41.3. The molecule has 0 saturated carbocycles. The van der Waals surface area contributed by atoms with E-state index >= 15 is 0 Å². The minimum absolute atomic E-state index is 0.116. The molecule has 2 aliphatic carbocycles. The molecule has 0 fully saturated rings. The van der Waals surface area contributed by atoms with E-state index in [0.29, 0.717) is 0 Å². The first-order valence-electron chi connectivity index (χ1n) is 25.9. The SMILES string of the molecule is CC1(C)c2ccccc2-c2ccc(N(c3ccc(-c4ccccc4)cc3)c3ccc4c(ccc5cc(-c6ccc7c(c6)C6(c8ccccc8-7)c7ccccc7N(c7ccccc7)c7ccccc76)ccc54)c3)cc21. The average Bonchev–Trinajstić information content (AvgIpc) is 3.89. The van der Waals surface area contributed by atoms with E-state index in [0.717, 1.165) is 22.7 Å². The summed E-state index contributed by atoms with van der Waals surface area (Å²) in [5.41, 5.74) is 24.4. The van der Waals surface area contributed by atoms with Crippen LogP contribution in [0.5, 0.6) is 0 Å². The van der Waals surface area contributed by atoms with Crippen LogP contribution in [-0.2, 0) is 10.8 Å². The summed E-state index contributed by atoms with van der Waals surface area (Å²) in [7, 11) is 0. The second-order valence-electron chi connectivity index (χ2n) is 20.8. The Kier molecular flexibility index (Phi) is 9.25. The third kappa shape index (κ3) is 6.12. The molecule has 0 radical (unpaired) electrons. The quantitative estimate of drug-likeness (QED) is 0.153. The van der Waals surface area contributed by atoms with Gasteiger partial charge in [0.15, 0.2) is 0 Å². The van der Waals surface area contributed by atoms with Gasteiger partial charge in [-0.05, 0) is 172 Å². The highest BCUT2D eigenvalue weighted by Gasteiger charge is 2.51. The molecule has 12 aromatic rings. The maximum atomic E-state index is 2.50. The van der Waals surface area contributed by atoms with Crippen LogP contribution in [0.3, 0.4) is 0 Å². The van der Waals surface area contributed by atoms with Crippen molar-refractivity contribution in [3.8, 4) is 44.5 Å². The Balaban J connectivity index is 0.842. The number of benzene rings is 12. The Bertz CT molecular complexity index is 4180. The molecule has 0 atom stereocenters. The molecule has 0 unspecified atom stereocenters. The standard InChI is InChI=1S/C72H50N2/c1-71(2)63-23-11-9-21-59(63)61-42-38-56(46-67(61)71)73(54-35-31-48(32-36-54)47-17-5-3-6-18-47)55-37-41-58-52(44-55)30-29-51-43-49(33-39-57(51)58)50-34-40-62-60-22-10-12-24-64(60)72(68(62)45-50)65-25-13-15-27-69(65)74(53-19-7-4-8-20-53)70-28-16-14-26-66(70)72/h3-46H,1-2H3. The zero-order chi connectivity index (χ0) is 49.1. The summed E-state index contributed by atoms with van der Waals surface area (Å²) in [5.74, 6) is 0. The molecule has 2 nitrogen and oxygen atoms in total. The normalized spacial score (nSPS) is 14.0.